The number of halogens is 4. The summed E-state index contributed by atoms with van der Waals surface area (Å²) in [6.07, 6.45) is 1.53. The number of ketones is 1. The Balaban J connectivity index is 2.38. The van der Waals surface area contributed by atoms with Gasteiger partial charge in [0, 0.05) is 5.02 Å². The minimum Gasteiger partial charge on any atom is -0.460 e. The number of aromatic nitrogens is 3. The first-order valence-electron chi connectivity index (χ1n) is 6.51. The van der Waals surface area contributed by atoms with Crippen molar-refractivity contribution < 1.29 is 9.53 Å². The highest BCUT2D eigenvalue weighted by Crippen LogP contribution is 2.36. The molecule has 1 aromatic carbocycles. The van der Waals surface area contributed by atoms with Gasteiger partial charge in [-0.3, -0.25) is 4.79 Å². The van der Waals surface area contributed by atoms with Crippen molar-refractivity contribution >= 4 is 52.2 Å². The summed E-state index contributed by atoms with van der Waals surface area (Å²) in [4.78, 5) is 15.7. The monoisotopic (exact) mass is 395 g/mol. The van der Waals surface area contributed by atoms with Crippen LogP contribution in [0.2, 0.25) is 10.0 Å². The van der Waals surface area contributed by atoms with Crippen LogP contribution in [0.25, 0.3) is 0 Å². The van der Waals surface area contributed by atoms with Crippen molar-refractivity contribution in [1.82, 2.24) is 14.8 Å². The number of carbonyl (C=O) groups is 1. The van der Waals surface area contributed by atoms with E-state index in [1.165, 1.54) is 23.4 Å². The molecular formula is C14H13Cl4N3O2. The number of carbonyl (C=O) groups excluding carboxylic acids is 1. The third kappa shape index (κ3) is 4.10. The second-order valence-corrected chi connectivity index (χ2v) is 7.25. The van der Waals surface area contributed by atoms with E-state index in [1.54, 1.807) is 26.0 Å². The maximum Gasteiger partial charge on any atom is 0.252 e. The van der Waals surface area contributed by atoms with Gasteiger partial charge in [0.2, 0.25) is 5.78 Å². The van der Waals surface area contributed by atoms with E-state index in [9.17, 15) is 4.79 Å². The van der Waals surface area contributed by atoms with Gasteiger partial charge in [-0.05, 0) is 18.2 Å². The Morgan fingerprint density at radius 3 is 2.52 bits per heavy atom. The van der Waals surface area contributed by atoms with E-state index in [-0.39, 0.29) is 16.6 Å². The number of Topliss-reactive ketones (excluding diaryl/α,β-unsaturated/α-hetero) is 1. The lowest BCUT2D eigenvalue weighted by molar-refractivity contribution is -0.138. The molecule has 0 fully saturated rings. The number of hydrogen-bond acceptors (Lipinski definition) is 4. The van der Waals surface area contributed by atoms with Crippen molar-refractivity contribution in [3.05, 3.63) is 40.9 Å². The van der Waals surface area contributed by atoms with Gasteiger partial charge < -0.3 is 4.74 Å². The second-order valence-electron chi connectivity index (χ2n) is 5.31. The largest absolute Gasteiger partial charge is 0.460 e. The number of alkyl halides is 2. The third-order valence-corrected chi connectivity index (χ3v) is 4.84. The average molecular weight is 397 g/mol. The number of hydrogen-bond donors (Lipinski definition) is 0. The van der Waals surface area contributed by atoms with Crippen LogP contribution >= 0.6 is 46.4 Å². The summed E-state index contributed by atoms with van der Waals surface area (Å²) < 4.78 is 7.02. The van der Waals surface area contributed by atoms with Crippen molar-refractivity contribution in [2.45, 2.75) is 24.9 Å². The summed E-state index contributed by atoms with van der Waals surface area (Å²) in [5.41, 5.74) is -1.07. The molecule has 1 heterocycles. The molecule has 1 atom stereocenters. The first kappa shape index (κ1) is 18.3. The highest BCUT2D eigenvalue weighted by Gasteiger charge is 2.41. The number of ether oxygens (including phenoxy) is 1. The zero-order valence-corrected chi connectivity index (χ0v) is 15.2. The molecule has 23 heavy (non-hydrogen) atoms. The van der Waals surface area contributed by atoms with Crippen LogP contribution in [-0.2, 0) is 4.79 Å². The fourth-order valence-electron chi connectivity index (χ4n) is 1.68. The van der Waals surface area contributed by atoms with E-state index in [0.29, 0.717) is 5.02 Å². The number of nitrogens with zero attached hydrogens (tertiary/aromatic N) is 3. The van der Waals surface area contributed by atoms with Gasteiger partial charge in [0.15, 0.2) is 0 Å². The first-order valence-corrected chi connectivity index (χ1v) is 8.14. The summed E-state index contributed by atoms with van der Waals surface area (Å²) in [7, 11) is 0. The quantitative estimate of drug-likeness (QED) is 0.671. The molecule has 0 aliphatic carbocycles. The zero-order valence-electron chi connectivity index (χ0n) is 12.2. The van der Waals surface area contributed by atoms with E-state index in [2.05, 4.69) is 10.1 Å². The number of benzene rings is 1. The second kappa shape index (κ2) is 7.26. The zero-order chi connectivity index (χ0) is 17.2. The van der Waals surface area contributed by atoms with Crippen molar-refractivity contribution in [3.63, 3.8) is 0 Å². The third-order valence-electron chi connectivity index (χ3n) is 3.21. The summed E-state index contributed by atoms with van der Waals surface area (Å²) >= 11 is 23.8. The highest BCUT2D eigenvalue weighted by atomic mass is 35.5. The van der Waals surface area contributed by atoms with Gasteiger partial charge in [-0.15, -0.1) is 23.2 Å². The minimum atomic E-state index is -1.12. The molecule has 9 heteroatoms. The Kier molecular flexibility index (Phi) is 5.79. The predicted octanol–water partition coefficient (Wildman–Crippen LogP) is 4.56. The van der Waals surface area contributed by atoms with Crippen LogP contribution in [0.5, 0.6) is 5.75 Å². The van der Waals surface area contributed by atoms with Crippen molar-refractivity contribution in [1.29, 1.82) is 0 Å². The number of rotatable bonds is 6. The Bertz CT molecular complexity index is 689. The maximum atomic E-state index is 12.8. The molecular weight excluding hydrogens is 384 g/mol. The lowest BCUT2D eigenvalue weighted by atomic mass is 9.89. The summed E-state index contributed by atoms with van der Waals surface area (Å²) in [6.45, 7) is 3.24. The van der Waals surface area contributed by atoms with Crippen LogP contribution in [0.4, 0.5) is 0 Å². The topological polar surface area (TPSA) is 57.0 Å². The van der Waals surface area contributed by atoms with E-state index >= 15 is 0 Å². The predicted molar refractivity (Wildman–Crippen MR) is 90.4 cm³/mol. The molecule has 0 N–H and O–H groups in total. The fraction of sp³-hybridized carbons (Fsp3) is 0.357. The molecule has 2 aromatic rings. The molecule has 0 amide bonds. The molecule has 0 aliphatic heterocycles. The lowest BCUT2D eigenvalue weighted by Gasteiger charge is -2.29. The molecule has 0 bridgehead atoms. The van der Waals surface area contributed by atoms with Gasteiger partial charge in [-0.2, -0.15) is 5.10 Å². The molecule has 0 spiro atoms. The average Bonchev–Trinajstić information content (AvgIpc) is 2.99. The van der Waals surface area contributed by atoms with Crippen LogP contribution in [0.15, 0.2) is 30.9 Å². The van der Waals surface area contributed by atoms with Gasteiger partial charge in [0.25, 0.3) is 6.23 Å². The van der Waals surface area contributed by atoms with E-state index in [4.69, 9.17) is 51.1 Å². The lowest BCUT2D eigenvalue weighted by Crippen LogP contribution is -2.40. The Morgan fingerprint density at radius 2 is 2.00 bits per heavy atom. The highest BCUT2D eigenvalue weighted by molar-refractivity contribution is 6.46. The van der Waals surface area contributed by atoms with Gasteiger partial charge in [0.05, 0.1) is 10.4 Å². The van der Waals surface area contributed by atoms with E-state index in [0.717, 1.165) is 0 Å². The smallest absolute Gasteiger partial charge is 0.252 e. The summed E-state index contributed by atoms with van der Waals surface area (Å²) in [5, 5.41) is 4.68. The molecule has 0 saturated heterocycles. The van der Waals surface area contributed by atoms with E-state index in [1.807, 2.05) is 0 Å². The fourth-order valence-corrected chi connectivity index (χ4v) is 2.35. The summed E-state index contributed by atoms with van der Waals surface area (Å²) in [6, 6.07) is 4.68. The first-order chi connectivity index (χ1) is 10.7. The van der Waals surface area contributed by atoms with Crippen molar-refractivity contribution in [2.75, 3.05) is 0 Å². The standard InChI is InChI=1S/C14H13Cl4N3O2/c1-14(2,13(17)18)11(22)12(21-7-19-6-20-21)23-10-4-3-8(15)5-9(10)16/h3-7,12-13H,1-2H3. The van der Waals surface area contributed by atoms with Crippen LogP contribution in [0.1, 0.15) is 20.1 Å². The van der Waals surface area contributed by atoms with Crippen molar-refractivity contribution in [3.8, 4) is 5.75 Å². The summed E-state index contributed by atoms with van der Waals surface area (Å²) in [5.74, 6) is -0.0922. The van der Waals surface area contributed by atoms with Crippen LogP contribution in [-0.4, -0.2) is 25.4 Å². The molecule has 5 nitrogen and oxygen atoms in total. The van der Waals surface area contributed by atoms with Gasteiger partial charge in [-0.25, -0.2) is 9.67 Å². The van der Waals surface area contributed by atoms with E-state index < -0.39 is 16.5 Å². The maximum absolute atomic E-state index is 12.8. The molecule has 0 aliphatic rings. The van der Waals surface area contributed by atoms with Crippen LogP contribution in [0, 0.1) is 5.41 Å². The van der Waals surface area contributed by atoms with Gasteiger partial charge >= 0.3 is 0 Å². The molecule has 0 radical (unpaired) electrons. The van der Waals surface area contributed by atoms with Gasteiger partial charge in [-0.1, -0.05) is 37.0 Å². The molecule has 124 valence electrons. The molecule has 1 aromatic heterocycles. The molecule has 0 saturated carbocycles. The Morgan fingerprint density at radius 1 is 1.30 bits per heavy atom. The normalized spacial score (nSPS) is 13.2. The van der Waals surface area contributed by atoms with Crippen molar-refractivity contribution in [2.24, 2.45) is 5.41 Å². The van der Waals surface area contributed by atoms with Crippen LogP contribution < -0.4 is 4.74 Å². The SMILES string of the molecule is CC(C)(C(=O)C(Oc1ccc(Cl)cc1Cl)n1cncn1)C(Cl)Cl. The minimum absolute atomic E-state index is 0.265. The van der Waals surface area contributed by atoms with Gasteiger partial charge in [0.1, 0.15) is 23.2 Å². The van der Waals surface area contributed by atoms with Crippen LogP contribution in [0.3, 0.4) is 0 Å². The molecule has 1 unspecified atom stereocenters. The Labute approximate surface area is 153 Å². The molecule has 2 rings (SSSR count). The Hall–Kier alpha value is -1.01.